The second-order valence-corrected chi connectivity index (χ2v) is 8.59. The van der Waals surface area contributed by atoms with Crippen LogP contribution < -0.4 is 0 Å². The number of aliphatic hydroxyl groups excluding tert-OH is 3. The summed E-state index contributed by atoms with van der Waals surface area (Å²) in [5.41, 5.74) is -0.933. The number of hydrogen-bond donors (Lipinski definition) is 3. The van der Waals surface area contributed by atoms with Crippen molar-refractivity contribution in [3.63, 3.8) is 0 Å². The Bertz CT molecular complexity index is 758. The summed E-state index contributed by atoms with van der Waals surface area (Å²) in [5.74, 6) is -1.59. The van der Waals surface area contributed by atoms with Gasteiger partial charge in [-0.2, -0.15) is 0 Å². The summed E-state index contributed by atoms with van der Waals surface area (Å²) < 4.78 is 16.6. The lowest BCUT2D eigenvalue weighted by molar-refractivity contribution is -0.160. The molecule has 0 amide bonds. The van der Waals surface area contributed by atoms with Crippen LogP contribution in [0.3, 0.4) is 0 Å². The minimum atomic E-state index is -1.22. The van der Waals surface area contributed by atoms with Crippen molar-refractivity contribution >= 4 is 11.9 Å². The number of aliphatic hydroxyl groups is 3. The van der Waals surface area contributed by atoms with Crippen molar-refractivity contribution in [1.82, 2.24) is 0 Å². The summed E-state index contributed by atoms with van der Waals surface area (Å²) in [5, 5.41) is 31.8. The van der Waals surface area contributed by atoms with Gasteiger partial charge in [0.05, 0.1) is 24.7 Å². The van der Waals surface area contributed by atoms with E-state index in [1.165, 1.54) is 6.92 Å². The Hall–Kier alpha value is -1.48. The molecule has 2 aliphatic carbocycles. The molecule has 26 heavy (non-hydrogen) atoms. The van der Waals surface area contributed by atoms with Crippen molar-refractivity contribution in [2.45, 2.75) is 69.9 Å². The average Bonchev–Trinajstić information content (AvgIpc) is 3.33. The average molecular weight is 366 g/mol. The van der Waals surface area contributed by atoms with Crippen LogP contribution in [0.1, 0.15) is 27.2 Å². The molecule has 0 spiro atoms. The third-order valence-corrected chi connectivity index (χ3v) is 7.30. The molecule has 142 valence electrons. The number of rotatable bonds is 1. The molecule has 0 aromatic carbocycles. The van der Waals surface area contributed by atoms with Crippen LogP contribution in [0.4, 0.5) is 0 Å². The maximum atomic E-state index is 12.7. The molecule has 2 saturated heterocycles. The van der Waals surface area contributed by atoms with Gasteiger partial charge in [0.1, 0.15) is 23.7 Å². The van der Waals surface area contributed by atoms with Gasteiger partial charge in [0.15, 0.2) is 6.10 Å². The Kier molecular flexibility index (Phi) is 3.00. The normalized spacial score (nSPS) is 55.4. The lowest BCUT2D eigenvalue weighted by Gasteiger charge is -2.54. The molecule has 5 aliphatic rings. The fourth-order valence-electron chi connectivity index (χ4n) is 6.07. The van der Waals surface area contributed by atoms with Gasteiger partial charge in [-0.05, 0) is 19.4 Å². The Labute approximate surface area is 149 Å². The second-order valence-electron chi connectivity index (χ2n) is 8.59. The van der Waals surface area contributed by atoms with Gasteiger partial charge < -0.3 is 29.5 Å². The number of carbonyl (C=O) groups excluding carboxylic acids is 2. The summed E-state index contributed by atoms with van der Waals surface area (Å²) in [7, 11) is 0. The van der Waals surface area contributed by atoms with Gasteiger partial charge in [-0.3, -0.25) is 9.59 Å². The first-order chi connectivity index (χ1) is 12.1. The highest BCUT2D eigenvalue weighted by molar-refractivity contribution is 5.83. The molecule has 3 N–H and O–H groups in total. The molecule has 3 fully saturated rings. The minimum absolute atomic E-state index is 0.0394. The molecule has 3 aliphatic heterocycles. The number of fused-ring (bicyclic) bond motifs is 3. The zero-order valence-corrected chi connectivity index (χ0v) is 14.7. The molecule has 1 saturated carbocycles. The Morgan fingerprint density at radius 3 is 2.46 bits per heavy atom. The minimum Gasteiger partial charge on any atom is -0.458 e. The van der Waals surface area contributed by atoms with Gasteiger partial charge in [-0.25, -0.2) is 0 Å². The quantitative estimate of drug-likeness (QED) is 0.308. The molecule has 8 nitrogen and oxygen atoms in total. The van der Waals surface area contributed by atoms with Crippen LogP contribution in [0.25, 0.3) is 0 Å². The predicted octanol–water partition coefficient (Wildman–Crippen LogP) is -0.950. The van der Waals surface area contributed by atoms with Gasteiger partial charge in [0, 0.05) is 16.9 Å². The van der Waals surface area contributed by atoms with E-state index in [2.05, 4.69) is 0 Å². The van der Waals surface area contributed by atoms with Crippen molar-refractivity contribution in [3.05, 3.63) is 11.1 Å². The van der Waals surface area contributed by atoms with E-state index in [-0.39, 0.29) is 12.5 Å². The molecule has 0 bridgehead atoms. The van der Waals surface area contributed by atoms with Crippen LogP contribution in [-0.2, 0) is 23.8 Å². The van der Waals surface area contributed by atoms with Crippen LogP contribution in [0.15, 0.2) is 11.1 Å². The summed E-state index contributed by atoms with van der Waals surface area (Å²) >= 11 is 0. The molecule has 5 rings (SSSR count). The van der Waals surface area contributed by atoms with E-state index in [1.54, 1.807) is 6.92 Å². The van der Waals surface area contributed by atoms with Crippen molar-refractivity contribution < 1.29 is 39.1 Å². The molecular weight excluding hydrogens is 344 g/mol. The fraction of sp³-hybridized carbons (Fsp3) is 0.778. The fourth-order valence-corrected chi connectivity index (χ4v) is 6.07. The first-order valence-electron chi connectivity index (χ1n) is 8.97. The van der Waals surface area contributed by atoms with Crippen molar-refractivity contribution in [3.8, 4) is 0 Å². The van der Waals surface area contributed by atoms with Crippen LogP contribution >= 0.6 is 0 Å². The third-order valence-electron chi connectivity index (χ3n) is 7.30. The molecule has 10 atom stereocenters. The van der Waals surface area contributed by atoms with Crippen molar-refractivity contribution in [2.75, 3.05) is 0 Å². The number of ether oxygens (including phenoxy) is 3. The second kappa shape index (κ2) is 4.67. The van der Waals surface area contributed by atoms with Crippen molar-refractivity contribution in [1.29, 1.82) is 0 Å². The highest BCUT2D eigenvalue weighted by atomic mass is 16.6. The zero-order chi connectivity index (χ0) is 18.8. The van der Waals surface area contributed by atoms with E-state index >= 15 is 0 Å². The number of cyclic esters (lactones) is 1. The van der Waals surface area contributed by atoms with Gasteiger partial charge >= 0.3 is 11.9 Å². The molecule has 0 unspecified atom stereocenters. The van der Waals surface area contributed by atoms with Crippen LogP contribution in [0, 0.1) is 16.7 Å². The van der Waals surface area contributed by atoms with E-state index in [4.69, 9.17) is 14.2 Å². The lowest BCUT2D eigenvalue weighted by Crippen LogP contribution is -2.64. The Balaban J connectivity index is 1.76. The summed E-state index contributed by atoms with van der Waals surface area (Å²) in [6.45, 7) is 5.04. The van der Waals surface area contributed by atoms with E-state index < -0.39 is 65.3 Å². The van der Waals surface area contributed by atoms with E-state index in [0.29, 0.717) is 11.1 Å². The topological polar surface area (TPSA) is 126 Å². The SMILES string of the molecule is C[C@@H](O)[C@H]1OC(=O)CC2=C1[C@@H](O)[C@H]1OC(=O)[C@]3(C)[C@H]1[C@]2(C)[C@@H]1O[C@@H]1[C@@H]3O. The van der Waals surface area contributed by atoms with Gasteiger partial charge in [0.2, 0.25) is 0 Å². The van der Waals surface area contributed by atoms with E-state index in [9.17, 15) is 24.9 Å². The Morgan fingerprint density at radius 2 is 1.81 bits per heavy atom. The first-order valence-corrected chi connectivity index (χ1v) is 8.97. The zero-order valence-electron chi connectivity index (χ0n) is 14.7. The number of carbonyl (C=O) groups is 2. The lowest BCUT2D eigenvalue weighted by atomic mass is 9.47. The number of epoxide rings is 1. The van der Waals surface area contributed by atoms with Crippen LogP contribution in [-0.4, -0.2) is 70.0 Å². The largest absolute Gasteiger partial charge is 0.458 e. The van der Waals surface area contributed by atoms with Gasteiger partial charge in [-0.15, -0.1) is 0 Å². The van der Waals surface area contributed by atoms with Crippen LogP contribution in [0.5, 0.6) is 0 Å². The summed E-state index contributed by atoms with van der Waals surface area (Å²) in [6, 6.07) is 0. The molecule has 3 heterocycles. The third kappa shape index (κ3) is 1.61. The molecule has 0 aromatic heterocycles. The number of hydrogen-bond acceptors (Lipinski definition) is 8. The van der Waals surface area contributed by atoms with Gasteiger partial charge in [-0.1, -0.05) is 6.92 Å². The highest BCUT2D eigenvalue weighted by Crippen LogP contribution is 2.69. The maximum Gasteiger partial charge on any atom is 0.315 e. The molecular formula is C18H22O8. The molecule has 0 aromatic rings. The first kappa shape index (κ1) is 16.7. The summed E-state index contributed by atoms with van der Waals surface area (Å²) in [6.07, 6.45) is -6.05. The van der Waals surface area contributed by atoms with E-state index in [1.807, 2.05) is 6.92 Å². The highest BCUT2D eigenvalue weighted by Gasteiger charge is 2.80. The standard InChI is InChI=1S/C18H22O8/c1-5(19)10-8-6(4-7(20)24-10)17(2)13-11(9(8)21)26-16(23)18(13,3)14(22)12-15(17)25-12/h5,9-15,19,21-22H,4H2,1-3H3/t5-,9-,10-,11-,12-,13-,14+,15-,17-,18-/m1/s1. The van der Waals surface area contributed by atoms with Gasteiger partial charge in [0.25, 0.3) is 0 Å². The summed E-state index contributed by atoms with van der Waals surface area (Å²) in [4.78, 5) is 24.9. The number of esters is 2. The monoisotopic (exact) mass is 366 g/mol. The smallest absolute Gasteiger partial charge is 0.315 e. The molecule has 0 radical (unpaired) electrons. The Morgan fingerprint density at radius 1 is 1.12 bits per heavy atom. The van der Waals surface area contributed by atoms with E-state index in [0.717, 1.165) is 0 Å². The predicted molar refractivity (Wildman–Crippen MR) is 83.5 cm³/mol. The maximum absolute atomic E-state index is 12.7. The van der Waals surface area contributed by atoms with Crippen LogP contribution in [0.2, 0.25) is 0 Å². The molecule has 8 heteroatoms. The van der Waals surface area contributed by atoms with Crippen molar-refractivity contribution in [2.24, 2.45) is 16.7 Å².